The third-order valence-electron chi connectivity index (χ3n) is 2.34. The Morgan fingerprint density at radius 1 is 1.24 bits per heavy atom. The Kier molecular flexibility index (Phi) is 3.06. The van der Waals surface area contributed by atoms with Crippen LogP contribution < -0.4 is 10.7 Å². The van der Waals surface area contributed by atoms with Gasteiger partial charge in [0.25, 0.3) is 11.8 Å². The van der Waals surface area contributed by atoms with Crippen molar-refractivity contribution < 1.29 is 9.59 Å². The molecule has 2 rings (SSSR count). The van der Waals surface area contributed by atoms with E-state index < -0.39 is 0 Å². The number of hydrogen-bond acceptors (Lipinski definition) is 3. The minimum Gasteiger partial charge on any atom is -0.362 e. The molecule has 0 bridgehead atoms. The van der Waals surface area contributed by atoms with Gasteiger partial charge in [-0.25, -0.2) is 0 Å². The van der Waals surface area contributed by atoms with E-state index in [0.29, 0.717) is 17.7 Å². The van der Waals surface area contributed by atoms with E-state index in [4.69, 9.17) is 12.2 Å². The summed E-state index contributed by atoms with van der Waals surface area (Å²) in [5.74, 6) is -0.767. The van der Waals surface area contributed by atoms with Crippen LogP contribution in [0.2, 0.25) is 0 Å². The average molecular weight is 249 g/mol. The molecule has 0 fully saturated rings. The first-order chi connectivity index (χ1) is 8.15. The lowest BCUT2D eigenvalue weighted by Crippen LogP contribution is -2.49. The molecule has 17 heavy (non-hydrogen) atoms. The first kappa shape index (κ1) is 11.5. The van der Waals surface area contributed by atoms with Crippen LogP contribution in [0.5, 0.6) is 0 Å². The molecule has 1 aromatic carbocycles. The maximum atomic E-state index is 11.9. The summed E-state index contributed by atoms with van der Waals surface area (Å²) in [5, 5.41) is 3.99. The number of imide groups is 1. The Hall–Kier alpha value is -1.95. The first-order valence-electron chi connectivity index (χ1n) is 5.17. The summed E-state index contributed by atoms with van der Waals surface area (Å²) in [7, 11) is 0. The van der Waals surface area contributed by atoms with Crippen molar-refractivity contribution in [1.29, 1.82) is 0 Å². The van der Waals surface area contributed by atoms with Crippen LogP contribution in [0.3, 0.4) is 0 Å². The van der Waals surface area contributed by atoms with Gasteiger partial charge in [-0.15, -0.1) is 0 Å². The summed E-state index contributed by atoms with van der Waals surface area (Å²) in [6.45, 7) is 2.49. The molecule has 5 nitrogen and oxygen atoms in total. The largest absolute Gasteiger partial charge is 0.362 e. The van der Waals surface area contributed by atoms with Crippen molar-refractivity contribution in [2.75, 3.05) is 6.54 Å². The molecule has 2 amide bonds. The Balaban J connectivity index is 2.22. The molecule has 0 atom stereocenters. The fourth-order valence-electron chi connectivity index (χ4n) is 1.59. The van der Waals surface area contributed by atoms with Gasteiger partial charge < -0.3 is 5.32 Å². The zero-order chi connectivity index (χ0) is 12.4. The molecular weight excluding hydrogens is 238 g/mol. The molecule has 0 aliphatic carbocycles. The van der Waals surface area contributed by atoms with Gasteiger partial charge in [0.1, 0.15) is 0 Å². The third-order valence-corrected chi connectivity index (χ3v) is 2.58. The molecule has 2 N–H and O–H groups in total. The van der Waals surface area contributed by atoms with Crippen LogP contribution in [0.4, 0.5) is 0 Å². The van der Waals surface area contributed by atoms with Gasteiger partial charge in [0.15, 0.2) is 5.11 Å². The van der Waals surface area contributed by atoms with Crippen LogP contribution in [0.1, 0.15) is 27.6 Å². The van der Waals surface area contributed by atoms with Crippen LogP contribution in [-0.2, 0) is 0 Å². The summed E-state index contributed by atoms with van der Waals surface area (Å²) >= 11 is 4.94. The van der Waals surface area contributed by atoms with Gasteiger partial charge in [-0.05, 0) is 31.3 Å². The number of hydrogen-bond donors (Lipinski definition) is 2. The summed E-state index contributed by atoms with van der Waals surface area (Å²) in [4.78, 5) is 23.8. The Bertz CT molecular complexity index is 466. The van der Waals surface area contributed by atoms with Crippen molar-refractivity contribution in [3.8, 4) is 0 Å². The summed E-state index contributed by atoms with van der Waals surface area (Å²) in [6, 6.07) is 6.67. The molecule has 6 heteroatoms. The molecule has 1 aliphatic rings. The van der Waals surface area contributed by atoms with E-state index in [9.17, 15) is 9.59 Å². The molecule has 0 saturated carbocycles. The highest BCUT2D eigenvalue weighted by Gasteiger charge is 2.35. The van der Waals surface area contributed by atoms with E-state index >= 15 is 0 Å². The van der Waals surface area contributed by atoms with E-state index in [0.717, 1.165) is 5.01 Å². The molecule has 0 unspecified atom stereocenters. The van der Waals surface area contributed by atoms with Crippen molar-refractivity contribution in [2.45, 2.75) is 6.92 Å². The van der Waals surface area contributed by atoms with E-state index in [1.807, 2.05) is 6.92 Å². The van der Waals surface area contributed by atoms with Crippen molar-refractivity contribution in [1.82, 2.24) is 15.8 Å². The molecule has 0 spiro atoms. The fraction of sp³-hybridized carbons (Fsp3) is 0.182. The molecule has 0 radical (unpaired) electrons. The third kappa shape index (κ3) is 1.99. The molecule has 1 aliphatic heterocycles. The van der Waals surface area contributed by atoms with Gasteiger partial charge in [-0.2, -0.15) is 5.01 Å². The second-order valence-corrected chi connectivity index (χ2v) is 3.87. The maximum Gasteiger partial charge on any atom is 0.280 e. The Morgan fingerprint density at radius 3 is 2.24 bits per heavy atom. The van der Waals surface area contributed by atoms with Gasteiger partial charge in [-0.1, -0.05) is 12.1 Å². The lowest BCUT2D eigenvalue weighted by Gasteiger charge is -2.17. The van der Waals surface area contributed by atoms with Crippen LogP contribution in [0, 0.1) is 0 Å². The van der Waals surface area contributed by atoms with E-state index in [-0.39, 0.29) is 16.9 Å². The predicted molar refractivity (Wildman–Crippen MR) is 66.4 cm³/mol. The van der Waals surface area contributed by atoms with Crippen LogP contribution in [0.25, 0.3) is 0 Å². The van der Waals surface area contributed by atoms with E-state index in [1.54, 1.807) is 24.3 Å². The first-order valence-corrected chi connectivity index (χ1v) is 5.58. The van der Waals surface area contributed by atoms with Crippen LogP contribution in [0.15, 0.2) is 24.3 Å². The zero-order valence-electron chi connectivity index (χ0n) is 9.19. The minimum atomic E-state index is -0.383. The number of hydrazine groups is 1. The second-order valence-electron chi connectivity index (χ2n) is 3.46. The number of benzene rings is 1. The number of carbonyl (C=O) groups excluding carboxylic acids is 2. The van der Waals surface area contributed by atoms with Crippen molar-refractivity contribution in [3.63, 3.8) is 0 Å². The maximum absolute atomic E-state index is 11.9. The number of nitrogens with one attached hydrogen (secondary N) is 2. The van der Waals surface area contributed by atoms with E-state index in [2.05, 4.69) is 10.7 Å². The normalized spacial score (nSPS) is 13.6. The molecule has 88 valence electrons. The smallest absolute Gasteiger partial charge is 0.280 e. The highest BCUT2D eigenvalue weighted by atomic mass is 32.1. The number of rotatable bonds is 2. The standard InChI is InChI=1S/C11H11N3O2S/c1-2-12-11(17)13-14-9(15)7-5-3-4-6-8(7)10(14)16/h3-6H,2H2,1H3,(H2,12,13,17). The summed E-state index contributed by atoms with van der Waals surface area (Å²) < 4.78 is 0. The SMILES string of the molecule is CCNC(=S)NN1C(=O)c2ccccc2C1=O. The lowest BCUT2D eigenvalue weighted by atomic mass is 10.1. The number of amides is 2. The van der Waals surface area contributed by atoms with Crippen LogP contribution in [-0.4, -0.2) is 28.5 Å². The number of nitrogens with zero attached hydrogens (tertiary/aromatic N) is 1. The summed E-state index contributed by atoms with van der Waals surface area (Å²) in [6.07, 6.45) is 0. The van der Waals surface area contributed by atoms with Gasteiger partial charge in [0, 0.05) is 6.54 Å². The Morgan fingerprint density at radius 2 is 1.76 bits per heavy atom. The topological polar surface area (TPSA) is 61.4 Å². The van der Waals surface area contributed by atoms with Crippen molar-refractivity contribution >= 4 is 29.1 Å². The molecular formula is C11H11N3O2S. The predicted octanol–water partition coefficient (Wildman–Crippen LogP) is 0.682. The number of fused-ring (bicyclic) bond motifs is 1. The molecule has 0 saturated heterocycles. The quantitative estimate of drug-likeness (QED) is 0.596. The highest BCUT2D eigenvalue weighted by molar-refractivity contribution is 7.80. The monoisotopic (exact) mass is 249 g/mol. The van der Waals surface area contributed by atoms with Gasteiger partial charge in [0.05, 0.1) is 11.1 Å². The molecule has 1 aromatic rings. The Labute approximate surface area is 104 Å². The highest BCUT2D eigenvalue weighted by Crippen LogP contribution is 2.20. The zero-order valence-corrected chi connectivity index (χ0v) is 10.0. The minimum absolute atomic E-state index is 0.252. The lowest BCUT2D eigenvalue weighted by molar-refractivity contribution is 0.0611. The van der Waals surface area contributed by atoms with E-state index in [1.165, 1.54) is 0 Å². The van der Waals surface area contributed by atoms with Crippen LogP contribution >= 0.6 is 12.2 Å². The van der Waals surface area contributed by atoms with Crippen molar-refractivity contribution in [3.05, 3.63) is 35.4 Å². The van der Waals surface area contributed by atoms with Gasteiger partial charge >= 0.3 is 0 Å². The summed E-state index contributed by atoms with van der Waals surface area (Å²) in [5.41, 5.74) is 3.37. The number of carbonyl (C=O) groups is 2. The van der Waals surface area contributed by atoms with Crippen molar-refractivity contribution in [2.24, 2.45) is 0 Å². The number of thiocarbonyl (C=S) groups is 1. The van der Waals surface area contributed by atoms with Gasteiger partial charge in [-0.3, -0.25) is 15.0 Å². The molecule has 0 aromatic heterocycles. The second kappa shape index (κ2) is 4.50. The molecule has 1 heterocycles. The van der Waals surface area contributed by atoms with Gasteiger partial charge in [0.2, 0.25) is 0 Å². The average Bonchev–Trinajstić information content (AvgIpc) is 2.56. The fourth-order valence-corrected chi connectivity index (χ4v) is 1.83.